The standard InChI is InChI=1S/C17H20N7/c1-12(2)15-14-6-5-9-23(14)24(10-18-15)17(3,4)13-7-8-20-22-11-19-21-16(13)22/h5-12H,1-4H3/q+1. The predicted molar refractivity (Wildman–Crippen MR) is 88.7 cm³/mol. The molecule has 7 heteroatoms. The van der Waals surface area contributed by atoms with E-state index in [2.05, 4.69) is 70.5 Å². The van der Waals surface area contributed by atoms with E-state index in [-0.39, 0.29) is 5.54 Å². The first-order valence-electron chi connectivity index (χ1n) is 8.04. The van der Waals surface area contributed by atoms with Gasteiger partial charge in [-0.1, -0.05) is 13.8 Å². The van der Waals surface area contributed by atoms with Crippen molar-refractivity contribution >= 4 is 11.2 Å². The van der Waals surface area contributed by atoms with Crippen molar-refractivity contribution in [1.82, 2.24) is 29.3 Å². The summed E-state index contributed by atoms with van der Waals surface area (Å²) in [7, 11) is 0. The number of fused-ring (bicyclic) bond motifs is 2. The lowest BCUT2D eigenvalue weighted by Gasteiger charge is -2.23. The molecule has 122 valence electrons. The number of aromatic nitrogens is 7. The highest BCUT2D eigenvalue weighted by Gasteiger charge is 2.34. The van der Waals surface area contributed by atoms with Crippen LogP contribution in [0.2, 0.25) is 0 Å². The van der Waals surface area contributed by atoms with Crippen molar-refractivity contribution in [3.8, 4) is 0 Å². The highest BCUT2D eigenvalue weighted by molar-refractivity contribution is 5.51. The summed E-state index contributed by atoms with van der Waals surface area (Å²) in [5.41, 5.74) is 3.62. The maximum absolute atomic E-state index is 4.72. The summed E-state index contributed by atoms with van der Waals surface area (Å²) < 4.78 is 5.97. The Morgan fingerprint density at radius 1 is 1.21 bits per heavy atom. The van der Waals surface area contributed by atoms with Crippen LogP contribution in [0.3, 0.4) is 0 Å². The molecule has 0 unspecified atom stereocenters. The van der Waals surface area contributed by atoms with Gasteiger partial charge >= 0.3 is 6.33 Å². The van der Waals surface area contributed by atoms with E-state index in [4.69, 9.17) is 4.98 Å². The van der Waals surface area contributed by atoms with E-state index in [1.165, 1.54) is 0 Å². The first kappa shape index (κ1) is 14.7. The summed E-state index contributed by atoms with van der Waals surface area (Å²) in [6.45, 7) is 8.61. The van der Waals surface area contributed by atoms with E-state index >= 15 is 0 Å². The Morgan fingerprint density at radius 2 is 2.04 bits per heavy atom. The third kappa shape index (κ3) is 2.01. The molecule has 0 aliphatic carbocycles. The Balaban J connectivity index is 1.98. The van der Waals surface area contributed by atoms with Crippen molar-refractivity contribution in [2.75, 3.05) is 0 Å². The molecule has 0 N–H and O–H groups in total. The van der Waals surface area contributed by atoms with Crippen molar-refractivity contribution < 1.29 is 4.68 Å². The van der Waals surface area contributed by atoms with Crippen molar-refractivity contribution in [3.05, 3.63) is 54.5 Å². The zero-order valence-corrected chi connectivity index (χ0v) is 14.2. The van der Waals surface area contributed by atoms with Gasteiger partial charge in [0.25, 0.3) is 0 Å². The fourth-order valence-corrected chi connectivity index (χ4v) is 3.21. The van der Waals surface area contributed by atoms with Crippen LogP contribution in [-0.4, -0.2) is 29.3 Å². The smallest absolute Gasteiger partial charge is 0.200 e. The van der Waals surface area contributed by atoms with Crippen LogP contribution in [-0.2, 0) is 5.54 Å². The largest absolute Gasteiger partial charge is 0.306 e. The Bertz CT molecular complexity index is 1030. The Labute approximate surface area is 139 Å². The maximum atomic E-state index is 4.72. The highest BCUT2D eigenvalue weighted by Crippen LogP contribution is 2.24. The third-order valence-electron chi connectivity index (χ3n) is 4.51. The Kier molecular flexibility index (Phi) is 3.13. The molecule has 24 heavy (non-hydrogen) atoms. The Hall–Kier alpha value is -2.83. The van der Waals surface area contributed by atoms with Gasteiger partial charge in [-0.15, -0.1) is 14.9 Å². The molecule has 4 aromatic heterocycles. The van der Waals surface area contributed by atoms with Crippen molar-refractivity contribution in [2.24, 2.45) is 0 Å². The van der Waals surface area contributed by atoms with Gasteiger partial charge in [-0.2, -0.15) is 9.61 Å². The van der Waals surface area contributed by atoms with Crippen molar-refractivity contribution in [3.63, 3.8) is 0 Å². The SMILES string of the molecule is CC(C)c1nc[n+](C(C)(C)c2ccnn3cnnc23)n2cccc12. The molecule has 7 nitrogen and oxygen atoms in total. The molecule has 4 rings (SSSR count). The van der Waals surface area contributed by atoms with Crippen LogP contribution in [0.15, 0.2) is 43.2 Å². The monoisotopic (exact) mass is 322 g/mol. The van der Waals surface area contributed by atoms with Crippen LogP contribution in [0.4, 0.5) is 0 Å². The van der Waals surface area contributed by atoms with E-state index in [9.17, 15) is 0 Å². The zero-order chi connectivity index (χ0) is 16.9. The summed E-state index contributed by atoms with van der Waals surface area (Å²) in [4.78, 5) is 4.72. The van der Waals surface area contributed by atoms with Gasteiger partial charge in [0.2, 0.25) is 0 Å². The normalized spacial score (nSPS) is 12.5. The topological polar surface area (TPSA) is 64.3 Å². The Morgan fingerprint density at radius 3 is 2.83 bits per heavy atom. The molecule has 4 aromatic rings. The minimum absolute atomic E-state index is 0.365. The molecular weight excluding hydrogens is 302 g/mol. The van der Waals surface area contributed by atoms with Gasteiger partial charge in [-0.3, -0.25) is 0 Å². The van der Waals surface area contributed by atoms with Crippen molar-refractivity contribution in [1.29, 1.82) is 0 Å². The first-order valence-corrected chi connectivity index (χ1v) is 8.04. The van der Waals surface area contributed by atoms with Gasteiger partial charge in [0, 0.05) is 23.9 Å². The minimum atomic E-state index is -0.378. The summed E-state index contributed by atoms with van der Waals surface area (Å²) >= 11 is 0. The second kappa shape index (κ2) is 5.09. The molecule has 4 heterocycles. The molecule has 0 fully saturated rings. The third-order valence-corrected chi connectivity index (χ3v) is 4.51. The maximum Gasteiger partial charge on any atom is 0.306 e. The number of hydrogen-bond donors (Lipinski definition) is 0. The molecule has 0 atom stereocenters. The van der Waals surface area contributed by atoms with Crippen LogP contribution in [0, 0.1) is 0 Å². The van der Waals surface area contributed by atoms with E-state index in [1.807, 2.05) is 12.4 Å². The molecule has 0 saturated carbocycles. The summed E-state index contributed by atoms with van der Waals surface area (Å²) in [5.74, 6) is 0.365. The molecule has 0 amide bonds. The van der Waals surface area contributed by atoms with Gasteiger partial charge in [-0.05, 0) is 37.0 Å². The second-order valence-corrected chi connectivity index (χ2v) is 6.77. The van der Waals surface area contributed by atoms with Gasteiger partial charge in [-0.25, -0.2) is 4.52 Å². The van der Waals surface area contributed by atoms with Crippen LogP contribution in [0.5, 0.6) is 0 Å². The van der Waals surface area contributed by atoms with Crippen LogP contribution < -0.4 is 4.68 Å². The highest BCUT2D eigenvalue weighted by atomic mass is 15.4. The van der Waals surface area contributed by atoms with Gasteiger partial charge in [0.1, 0.15) is 11.8 Å². The number of hydrogen-bond acceptors (Lipinski definition) is 4. The van der Waals surface area contributed by atoms with Gasteiger partial charge in [0.05, 0.1) is 0 Å². The molecule has 0 aromatic carbocycles. The molecule has 0 bridgehead atoms. The lowest BCUT2D eigenvalue weighted by atomic mass is 9.96. The summed E-state index contributed by atoms with van der Waals surface area (Å²) in [6.07, 6.45) is 7.35. The molecule has 0 radical (unpaired) electrons. The van der Waals surface area contributed by atoms with Gasteiger partial charge in [0.15, 0.2) is 16.9 Å². The van der Waals surface area contributed by atoms with E-state index < -0.39 is 0 Å². The average molecular weight is 322 g/mol. The van der Waals surface area contributed by atoms with E-state index in [0.717, 1.165) is 22.4 Å². The van der Waals surface area contributed by atoms with Crippen molar-refractivity contribution in [2.45, 2.75) is 39.2 Å². The molecule has 0 saturated heterocycles. The van der Waals surface area contributed by atoms with E-state index in [1.54, 1.807) is 17.0 Å². The molecular formula is C17H20N7+. The van der Waals surface area contributed by atoms with E-state index in [0.29, 0.717) is 5.92 Å². The summed E-state index contributed by atoms with van der Waals surface area (Å²) in [5, 5.41) is 12.5. The number of rotatable bonds is 3. The summed E-state index contributed by atoms with van der Waals surface area (Å²) in [6, 6.07) is 6.14. The zero-order valence-electron chi connectivity index (χ0n) is 14.2. The first-order chi connectivity index (χ1) is 11.5. The molecule has 0 aliphatic rings. The lowest BCUT2D eigenvalue weighted by molar-refractivity contribution is -0.810. The van der Waals surface area contributed by atoms with Gasteiger partial charge < -0.3 is 0 Å². The fraction of sp³-hybridized carbons (Fsp3) is 0.353. The number of nitrogens with zero attached hydrogens (tertiary/aromatic N) is 7. The molecule has 0 aliphatic heterocycles. The predicted octanol–water partition coefficient (Wildman–Crippen LogP) is 1.97. The van der Waals surface area contributed by atoms with Crippen LogP contribution in [0.25, 0.3) is 11.2 Å². The fourth-order valence-electron chi connectivity index (χ4n) is 3.21. The minimum Gasteiger partial charge on any atom is -0.200 e. The van der Waals surface area contributed by atoms with Crippen LogP contribution in [0.1, 0.15) is 44.9 Å². The van der Waals surface area contributed by atoms with Crippen LogP contribution >= 0.6 is 0 Å². The average Bonchev–Trinajstić information content (AvgIpc) is 3.21. The molecule has 0 spiro atoms. The lowest BCUT2D eigenvalue weighted by Crippen LogP contribution is -2.58. The quantitative estimate of drug-likeness (QED) is 0.541. The second-order valence-electron chi connectivity index (χ2n) is 6.77.